The molecule has 1 aromatic rings. The Hall–Kier alpha value is -1.63. The van der Waals surface area contributed by atoms with Crippen LogP contribution in [0.2, 0.25) is 0 Å². The maximum atomic E-state index is 4.99. The normalized spacial score (nSPS) is 21.4. The Balaban J connectivity index is 1.51. The average Bonchev–Trinajstić information content (AvgIpc) is 2.99. The maximum absolute atomic E-state index is 4.99. The second-order valence-electron chi connectivity index (χ2n) is 8.59. The lowest BCUT2D eigenvalue weighted by Crippen LogP contribution is -2.53. The molecule has 0 radical (unpaired) electrons. The molecule has 168 valence electrons. The van der Waals surface area contributed by atoms with Crippen LogP contribution < -0.4 is 5.32 Å². The van der Waals surface area contributed by atoms with E-state index in [9.17, 15) is 0 Å². The number of rotatable bonds is 7. The Kier molecular flexibility index (Phi) is 9.43. The van der Waals surface area contributed by atoms with Gasteiger partial charge in [-0.15, -0.1) is 0 Å². The van der Waals surface area contributed by atoms with Gasteiger partial charge in [-0.1, -0.05) is 37.3 Å². The Morgan fingerprint density at radius 2 is 1.73 bits per heavy atom. The van der Waals surface area contributed by atoms with Crippen LogP contribution in [0.15, 0.2) is 35.3 Å². The highest BCUT2D eigenvalue weighted by Crippen LogP contribution is 2.25. The van der Waals surface area contributed by atoms with Gasteiger partial charge in [0.15, 0.2) is 5.96 Å². The molecule has 2 fully saturated rings. The van der Waals surface area contributed by atoms with Crippen LogP contribution in [-0.4, -0.2) is 105 Å². The Morgan fingerprint density at radius 1 is 0.967 bits per heavy atom. The van der Waals surface area contributed by atoms with Crippen LogP contribution in [0.5, 0.6) is 0 Å². The van der Waals surface area contributed by atoms with Gasteiger partial charge in [-0.05, 0) is 45.5 Å². The molecule has 0 amide bonds. The van der Waals surface area contributed by atoms with Gasteiger partial charge in [0.1, 0.15) is 0 Å². The Labute approximate surface area is 183 Å². The molecule has 3 rings (SSSR count). The first-order valence-corrected chi connectivity index (χ1v) is 11.9. The molecule has 1 atom stereocenters. The molecular formula is C24H42N6. The quantitative estimate of drug-likeness (QED) is 0.548. The van der Waals surface area contributed by atoms with Crippen LogP contribution in [0.3, 0.4) is 0 Å². The van der Waals surface area contributed by atoms with E-state index in [0.717, 1.165) is 58.2 Å². The summed E-state index contributed by atoms with van der Waals surface area (Å²) in [5, 5.41) is 3.53. The van der Waals surface area contributed by atoms with Crippen molar-refractivity contribution in [1.29, 1.82) is 0 Å². The summed E-state index contributed by atoms with van der Waals surface area (Å²) < 4.78 is 0. The largest absolute Gasteiger partial charge is 0.357 e. The Bertz CT molecular complexity index is 626. The minimum absolute atomic E-state index is 0.522. The van der Waals surface area contributed by atoms with Gasteiger partial charge in [-0.2, -0.15) is 0 Å². The average molecular weight is 415 g/mol. The van der Waals surface area contributed by atoms with Gasteiger partial charge in [0.2, 0.25) is 0 Å². The van der Waals surface area contributed by atoms with Crippen LogP contribution in [0.25, 0.3) is 0 Å². The third-order valence-corrected chi connectivity index (χ3v) is 6.45. The second-order valence-corrected chi connectivity index (χ2v) is 8.59. The van der Waals surface area contributed by atoms with Crippen molar-refractivity contribution in [3.05, 3.63) is 35.9 Å². The summed E-state index contributed by atoms with van der Waals surface area (Å²) in [7, 11) is 2.23. The lowest BCUT2D eigenvalue weighted by atomic mass is 10.0. The highest BCUT2D eigenvalue weighted by atomic mass is 15.4. The molecule has 30 heavy (non-hydrogen) atoms. The van der Waals surface area contributed by atoms with E-state index in [1.807, 2.05) is 0 Å². The fraction of sp³-hybridized carbons (Fsp3) is 0.708. The number of aliphatic imine (C=N–C) groups is 1. The van der Waals surface area contributed by atoms with Crippen LogP contribution >= 0.6 is 0 Å². The number of nitrogens with zero attached hydrogens (tertiary/aromatic N) is 5. The van der Waals surface area contributed by atoms with Crippen molar-refractivity contribution in [3.63, 3.8) is 0 Å². The van der Waals surface area contributed by atoms with E-state index in [2.05, 4.69) is 76.1 Å². The fourth-order valence-corrected chi connectivity index (χ4v) is 4.67. The lowest BCUT2D eigenvalue weighted by molar-refractivity contribution is 0.127. The highest BCUT2D eigenvalue weighted by molar-refractivity contribution is 5.80. The number of piperazine rings is 1. The van der Waals surface area contributed by atoms with E-state index in [4.69, 9.17) is 4.99 Å². The minimum Gasteiger partial charge on any atom is -0.357 e. The van der Waals surface area contributed by atoms with Crippen molar-refractivity contribution in [1.82, 2.24) is 24.9 Å². The number of hydrogen-bond acceptors (Lipinski definition) is 4. The topological polar surface area (TPSA) is 37.4 Å². The highest BCUT2D eigenvalue weighted by Gasteiger charge is 2.25. The molecule has 6 heteroatoms. The van der Waals surface area contributed by atoms with E-state index in [1.54, 1.807) is 0 Å². The number of nitrogens with one attached hydrogen (secondary N) is 1. The maximum Gasteiger partial charge on any atom is 0.194 e. The van der Waals surface area contributed by atoms with Crippen LogP contribution in [0, 0.1) is 0 Å². The van der Waals surface area contributed by atoms with E-state index >= 15 is 0 Å². The molecule has 2 aliphatic heterocycles. The first-order valence-electron chi connectivity index (χ1n) is 11.9. The van der Waals surface area contributed by atoms with Crippen LogP contribution in [-0.2, 0) is 0 Å². The number of hydrogen-bond donors (Lipinski definition) is 1. The molecule has 1 aromatic carbocycles. The van der Waals surface area contributed by atoms with Crippen molar-refractivity contribution >= 4 is 5.96 Å². The summed E-state index contributed by atoms with van der Waals surface area (Å²) in [6.07, 6.45) is 2.42. The zero-order valence-electron chi connectivity index (χ0n) is 19.4. The van der Waals surface area contributed by atoms with Crippen molar-refractivity contribution in [3.8, 4) is 0 Å². The zero-order valence-corrected chi connectivity index (χ0v) is 19.4. The second kappa shape index (κ2) is 12.3. The van der Waals surface area contributed by atoms with Crippen LogP contribution in [0.4, 0.5) is 0 Å². The third kappa shape index (κ3) is 6.69. The zero-order chi connectivity index (χ0) is 21.2. The fourth-order valence-electron chi connectivity index (χ4n) is 4.67. The minimum atomic E-state index is 0.522. The third-order valence-electron chi connectivity index (χ3n) is 6.45. The molecule has 0 aromatic heterocycles. The van der Waals surface area contributed by atoms with Gasteiger partial charge in [0.05, 0.1) is 6.54 Å². The molecule has 0 bridgehead atoms. The SMILES string of the molecule is CCNC(=NCCN1CCCN(C)CC1)N1CCN(C(CC)c2ccccc2)CC1. The van der Waals surface area contributed by atoms with Crippen molar-refractivity contribution < 1.29 is 0 Å². The van der Waals surface area contributed by atoms with Crippen molar-refractivity contribution in [2.75, 3.05) is 79.0 Å². The van der Waals surface area contributed by atoms with Gasteiger partial charge in [-0.25, -0.2) is 0 Å². The van der Waals surface area contributed by atoms with Crippen molar-refractivity contribution in [2.45, 2.75) is 32.7 Å². The van der Waals surface area contributed by atoms with Crippen LogP contribution in [0.1, 0.15) is 38.3 Å². The summed E-state index contributed by atoms with van der Waals surface area (Å²) in [6, 6.07) is 11.5. The molecule has 0 aliphatic carbocycles. The van der Waals surface area contributed by atoms with Gasteiger partial charge in [0, 0.05) is 58.4 Å². The number of likely N-dealkylation sites (N-methyl/N-ethyl adjacent to an activating group) is 1. The van der Waals surface area contributed by atoms with E-state index in [-0.39, 0.29) is 0 Å². The molecule has 1 N–H and O–H groups in total. The summed E-state index contributed by atoms with van der Waals surface area (Å²) in [4.78, 5) is 15.1. The molecule has 0 saturated carbocycles. The number of benzene rings is 1. The first kappa shape index (κ1) is 23.0. The molecule has 0 spiro atoms. The van der Waals surface area contributed by atoms with Gasteiger partial charge >= 0.3 is 0 Å². The molecule has 1 unspecified atom stereocenters. The Morgan fingerprint density at radius 3 is 2.43 bits per heavy atom. The van der Waals surface area contributed by atoms with E-state index in [0.29, 0.717) is 6.04 Å². The summed E-state index contributed by atoms with van der Waals surface area (Å²) in [6.45, 7) is 16.4. The molecule has 2 aliphatic rings. The van der Waals surface area contributed by atoms with Crippen molar-refractivity contribution in [2.24, 2.45) is 4.99 Å². The molecule has 6 nitrogen and oxygen atoms in total. The smallest absolute Gasteiger partial charge is 0.194 e. The lowest BCUT2D eigenvalue weighted by Gasteiger charge is -2.40. The standard InChI is InChI=1S/C24H42N6/c1-4-23(22-10-7-6-8-11-22)29-18-20-30(21-19-29)24(25-5-2)26-12-15-28-14-9-13-27(3)16-17-28/h6-8,10-11,23H,4-5,9,12-21H2,1-3H3,(H,25,26). The van der Waals surface area contributed by atoms with E-state index < -0.39 is 0 Å². The first-order chi connectivity index (χ1) is 14.7. The van der Waals surface area contributed by atoms with Gasteiger partial charge in [0.25, 0.3) is 0 Å². The summed E-state index contributed by atoms with van der Waals surface area (Å²) in [5.41, 5.74) is 1.44. The predicted molar refractivity (Wildman–Crippen MR) is 127 cm³/mol. The monoisotopic (exact) mass is 414 g/mol. The molecular weight excluding hydrogens is 372 g/mol. The molecule has 2 saturated heterocycles. The van der Waals surface area contributed by atoms with Gasteiger partial charge < -0.3 is 20.0 Å². The number of guanidine groups is 1. The predicted octanol–water partition coefficient (Wildman–Crippen LogP) is 2.36. The van der Waals surface area contributed by atoms with Gasteiger partial charge in [-0.3, -0.25) is 9.89 Å². The van der Waals surface area contributed by atoms with E-state index in [1.165, 1.54) is 38.2 Å². The summed E-state index contributed by atoms with van der Waals surface area (Å²) in [5.74, 6) is 1.09. The summed E-state index contributed by atoms with van der Waals surface area (Å²) >= 11 is 0. The molecule has 2 heterocycles.